The lowest BCUT2D eigenvalue weighted by molar-refractivity contribution is 0.252. The van der Waals surface area contributed by atoms with Gasteiger partial charge in [-0.3, -0.25) is 0 Å². The Morgan fingerprint density at radius 3 is 2.75 bits per heavy atom. The average Bonchev–Trinajstić information content (AvgIpc) is 2.71. The van der Waals surface area contributed by atoms with Crippen LogP contribution >= 0.6 is 22.9 Å². The van der Waals surface area contributed by atoms with Gasteiger partial charge in [-0.25, -0.2) is 9.78 Å². The van der Waals surface area contributed by atoms with Crippen molar-refractivity contribution >= 4 is 34.7 Å². The number of halogens is 1. The van der Waals surface area contributed by atoms with Crippen LogP contribution in [0.1, 0.15) is 21.1 Å². The largest absolute Gasteiger partial charge is 0.333 e. The minimum absolute atomic E-state index is 0.249. The quantitative estimate of drug-likeness (QED) is 0.899. The summed E-state index contributed by atoms with van der Waals surface area (Å²) in [5.41, 5.74) is 2.54. The Kier molecular flexibility index (Phi) is 4.62. The number of hydrogen-bond donors (Lipinski definition) is 2. The summed E-state index contributed by atoms with van der Waals surface area (Å²) in [6.07, 6.45) is 0. The maximum Gasteiger partial charge on any atom is 0.319 e. The molecule has 20 heavy (non-hydrogen) atoms. The topological polar surface area (TPSA) is 54.0 Å². The van der Waals surface area contributed by atoms with Crippen molar-refractivity contribution in [3.05, 3.63) is 44.4 Å². The summed E-state index contributed by atoms with van der Waals surface area (Å²) in [5.74, 6) is 0. The smallest absolute Gasteiger partial charge is 0.319 e. The summed E-state index contributed by atoms with van der Waals surface area (Å²) in [6, 6.07) is 5.18. The molecule has 4 nitrogen and oxygen atoms in total. The standard InChI is InChI=1S/C14H16ClN3OS/c1-8-11(15)5-4-6-12(8)18-14(19)16-7-13-9(2)17-10(3)20-13/h4-6H,7H2,1-3H3,(H2,16,18,19). The van der Waals surface area contributed by atoms with E-state index in [4.69, 9.17) is 11.6 Å². The molecular weight excluding hydrogens is 294 g/mol. The molecule has 1 aromatic heterocycles. The van der Waals surface area contributed by atoms with Gasteiger partial charge in [-0.15, -0.1) is 11.3 Å². The zero-order valence-electron chi connectivity index (χ0n) is 11.6. The molecule has 6 heteroatoms. The zero-order chi connectivity index (χ0) is 14.7. The van der Waals surface area contributed by atoms with Crippen molar-refractivity contribution in [3.63, 3.8) is 0 Å². The molecule has 0 atom stereocenters. The van der Waals surface area contributed by atoms with E-state index in [2.05, 4.69) is 15.6 Å². The summed E-state index contributed by atoms with van der Waals surface area (Å²) in [6.45, 7) is 6.24. The van der Waals surface area contributed by atoms with Gasteiger partial charge in [-0.1, -0.05) is 17.7 Å². The van der Waals surface area contributed by atoms with Crippen molar-refractivity contribution < 1.29 is 4.79 Å². The Labute approximate surface area is 127 Å². The Morgan fingerprint density at radius 2 is 2.10 bits per heavy atom. The van der Waals surface area contributed by atoms with E-state index in [1.165, 1.54) is 0 Å². The summed E-state index contributed by atoms with van der Waals surface area (Å²) in [4.78, 5) is 17.3. The highest BCUT2D eigenvalue weighted by atomic mass is 35.5. The van der Waals surface area contributed by atoms with E-state index in [1.54, 1.807) is 17.4 Å². The summed E-state index contributed by atoms with van der Waals surface area (Å²) in [7, 11) is 0. The lowest BCUT2D eigenvalue weighted by atomic mass is 10.2. The number of nitrogens with zero attached hydrogens (tertiary/aromatic N) is 1. The van der Waals surface area contributed by atoms with Gasteiger partial charge in [0.1, 0.15) is 0 Å². The van der Waals surface area contributed by atoms with Crippen LogP contribution in [0.2, 0.25) is 5.02 Å². The molecule has 0 radical (unpaired) electrons. The molecule has 0 saturated heterocycles. The number of hydrogen-bond acceptors (Lipinski definition) is 3. The molecule has 0 saturated carbocycles. The number of nitrogens with one attached hydrogen (secondary N) is 2. The molecule has 0 aliphatic carbocycles. The van der Waals surface area contributed by atoms with Crippen LogP contribution in [0.25, 0.3) is 0 Å². The van der Waals surface area contributed by atoms with E-state index >= 15 is 0 Å². The molecule has 1 aromatic carbocycles. The molecule has 0 bridgehead atoms. The molecule has 2 amide bonds. The third-order valence-corrected chi connectivity index (χ3v) is 4.41. The predicted molar refractivity (Wildman–Crippen MR) is 83.6 cm³/mol. The Bertz CT molecular complexity index is 639. The molecule has 2 N–H and O–H groups in total. The van der Waals surface area contributed by atoms with Gasteiger partial charge in [0.15, 0.2) is 0 Å². The second-order valence-electron chi connectivity index (χ2n) is 4.46. The fraction of sp³-hybridized carbons (Fsp3) is 0.286. The number of aromatic nitrogens is 1. The first-order valence-electron chi connectivity index (χ1n) is 6.20. The van der Waals surface area contributed by atoms with Crippen LogP contribution in [-0.4, -0.2) is 11.0 Å². The Hall–Kier alpha value is -1.59. The van der Waals surface area contributed by atoms with Crippen molar-refractivity contribution in [2.24, 2.45) is 0 Å². The maximum absolute atomic E-state index is 11.9. The van der Waals surface area contributed by atoms with E-state index in [0.29, 0.717) is 17.3 Å². The van der Waals surface area contributed by atoms with E-state index < -0.39 is 0 Å². The number of benzene rings is 1. The summed E-state index contributed by atoms with van der Waals surface area (Å²) in [5, 5.41) is 7.26. The van der Waals surface area contributed by atoms with Crippen LogP contribution in [0.5, 0.6) is 0 Å². The monoisotopic (exact) mass is 309 g/mol. The van der Waals surface area contributed by atoms with E-state index in [1.807, 2.05) is 32.9 Å². The van der Waals surface area contributed by atoms with Gasteiger partial charge in [-0.2, -0.15) is 0 Å². The number of carbonyl (C=O) groups excluding carboxylic acids is 1. The minimum Gasteiger partial charge on any atom is -0.333 e. The second-order valence-corrected chi connectivity index (χ2v) is 6.16. The fourth-order valence-electron chi connectivity index (χ4n) is 1.81. The zero-order valence-corrected chi connectivity index (χ0v) is 13.2. The predicted octanol–water partition coefficient (Wildman–Crippen LogP) is 4.04. The molecule has 0 aliphatic rings. The molecule has 2 aromatic rings. The molecule has 0 spiro atoms. The number of rotatable bonds is 3. The lowest BCUT2D eigenvalue weighted by Gasteiger charge is -2.10. The lowest BCUT2D eigenvalue weighted by Crippen LogP contribution is -2.28. The molecule has 0 aliphatic heterocycles. The summed E-state index contributed by atoms with van der Waals surface area (Å²) < 4.78 is 0. The molecule has 0 fully saturated rings. The van der Waals surface area contributed by atoms with Gasteiger partial charge in [0.25, 0.3) is 0 Å². The molecule has 106 valence electrons. The van der Waals surface area contributed by atoms with Gasteiger partial charge in [0, 0.05) is 15.6 Å². The second kappa shape index (κ2) is 6.24. The van der Waals surface area contributed by atoms with Gasteiger partial charge in [-0.05, 0) is 38.5 Å². The highest BCUT2D eigenvalue weighted by molar-refractivity contribution is 7.11. The van der Waals surface area contributed by atoms with Crippen LogP contribution in [0.15, 0.2) is 18.2 Å². The maximum atomic E-state index is 11.9. The van der Waals surface area contributed by atoms with Crippen molar-refractivity contribution in [1.29, 1.82) is 0 Å². The van der Waals surface area contributed by atoms with Gasteiger partial charge in [0.05, 0.1) is 17.2 Å². The number of aryl methyl sites for hydroxylation is 2. The van der Waals surface area contributed by atoms with Crippen LogP contribution in [0.3, 0.4) is 0 Å². The van der Waals surface area contributed by atoms with Crippen molar-refractivity contribution in [2.75, 3.05) is 5.32 Å². The molecule has 0 unspecified atom stereocenters. The van der Waals surface area contributed by atoms with Gasteiger partial charge >= 0.3 is 6.03 Å². The van der Waals surface area contributed by atoms with Crippen LogP contribution in [-0.2, 0) is 6.54 Å². The highest BCUT2D eigenvalue weighted by Crippen LogP contribution is 2.23. The fourth-order valence-corrected chi connectivity index (χ4v) is 2.86. The normalized spacial score (nSPS) is 10.4. The third kappa shape index (κ3) is 3.49. The Balaban J connectivity index is 1.96. The molecule has 2 rings (SSSR count). The van der Waals surface area contributed by atoms with E-state index in [0.717, 1.165) is 21.1 Å². The van der Waals surface area contributed by atoms with Crippen LogP contribution in [0, 0.1) is 20.8 Å². The van der Waals surface area contributed by atoms with Crippen molar-refractivity contribution in [1.82, 2.24) is 10.3 Å². The minimum atomic E-state index is -0.249. The number of amides is 2. The SMILES string of the molecule is Cc1nc(C)c(CNC(=O)Nc2cccc(Cl)c2C)s1. The molecule has 1 heterocycles. The van der Waals surface area contributed by atoms with Crippen molar-refractivity contribution in [2.45, 2.75) is 27.3 Å². The average molecular weight is 310 g/mol. The first-order chi connectivity index (χ1) is 9.47. The first kappa shape index (κ1) is 14.8. The molecular formula is C14H16ClN3OS. The highest BCUT2D eigenvalue weighted by Gasteiger charge is 2.09. The van der Waals surface area contributed by atoms with E-state index in [-0.39, 0.29) is 6.03 Å². The summed E-state index contributed by atoms with van der Waals surface area (Å²) >= 11 is 7.61. The van der Waals surface area contributed by atoms with E-state index in [9.17, 15) is 4.79 Å². The van der Waals surface area contributed by atoms with Gasteiger partial charge < -0.3 is 10.6 Å². The van der Waals surface area contributed by atoms with Crippen LogP contribution in [0.4, 0.5) is 10.5 Å². The number of thiazole rings is 1. The number of urea groups is 1. The van der Waals surface area contributed by atoms with Crippen LogP contribution < -0.4 is 10.6 Å². The number of anilines is 1. The first-order valence-corrected chi connectivity index (χ1v) is 7.39. The van der Waals surface area contributed by atoms with Gasteiger partial charge in [0.2, 0.25) is 0 Å². The number of carbonyl (C=O) groups is 1. The third-order valence-electron chi connectivity index (χ3n) is 2.92. The Morgan fingerprint density at radius 1 is 1.35 bits per heavy atom. The van der Waals surface area contributed by atoms with Crippen molar-refractivity contribution in [3.8, 4) is 0 Å².